The Balaban J connectivity index is 0.00000128. The highest BCUT2D eigenvalue weighted by Gasteiger charge is 2.23. The Hall–Kier alpha value is 0.560. The Labute approximate surface area is 110 Å². The van der Waals surface area contributed by atoms with Crippen molar-refractivity contribution in [3.8, 4) is 0 Å². The van der Waals surface area contributed by atoms with Crippen molar-refractivity contribution in [1.82, 2.24) is 10.2 Å². The second kappa shape index (κ2) is 7.80. The van der Waals surface area contributed by atoms with Gasteiger partial charge in [0.05, 0.1) is 0 Å². The van der Waals surface area contributed by atoms with Crippen molar-refractivity contribution in [2.24, 2.45) is 11.8 Å². The number of likely N-dealkylation sites (tertiary alicyclic amines) is 1. The summed E-state index contributed by atoms with van der Waals surface area (Å²) in [6.45, 7) is 5.26. The third-order valence-corrected chi connectivity index (χ3v) is 4.87. The Kier molecular flexibility index (Phi) is 7.13. The molecule has 2 saturated heterocycles. The Morgan fingerprint density at radius 2 is 2.19 bits per heavy atom. The number of nitrogens with zero attached hydrogens (tertiary/aromatic N) is 1. The maximum Gasteiger partial charge on any atom is 0.00219 e. The average molecular weight is 265 g/mol. The Bertz CT molecular complexity index is 184. The van der Waals surface area contributed by atoms with Gasteiger partial charge in [-0.15, -0.1) is 12.4 Å². The molecular weight excluding hydrogens is 240 g/mol. The fraction of sp³-hybridized carbons (Fsp3) is 1.00. The summed E-state index contributed by atoms with van der Waals surface area (Å²) < 4.78 is 0. The monoisotopic (exact) mass is 264 g/mol. The molecule has 96 valence electrons. The van der Waals surface area contributed by atoms with Crippen LogP contribution in [-0.4, -0.2) is 49.6 Å². The summed E-state index contributed by atoms with van der Waals surface area (Å²) in [6.07, 6.45) is 4.29. The van der Waals surface area contributed by atoms with Crippen LogP contribution in [0.1, 0.15) is 19.3 Å². The highest BCUT2D eigenvalue weighted by atomic mass is 35.5. The smallest absolute Gasteiger partial charge is 0.00219 e. The molecule has 0 bridgehead atoms. The molecule has 0 amide bonds. The quantitative estimate of drug-likeness (QED) is 0.837. The maximum atomic E-state index is 3.32. The number of rotatable bonds is 4. The van der Waals surface area contributed by atoms with Crippen LogP contribution in [0.4, 0.5) is 0 Å². The van der Waals surface area contributed by atoms with Gasteiger partial charge in [0.15, 0.2) is 0 Å². The van der Waals surface area contributed by atoms with Gasteiger partial charge < -0.3 is 10.2 Å². The van der Waals surface area contributed by atoms with E-state index in [-0.39, 0.29) is 12.4 Å². The summed E-state index contributed by atoms with van der Waals surface area (Å²) >= 11 is 2.14. The van der Waals surface area contributed by atoms with Crippen molar-refractivity contribution in [3.05, 3.63) is 0 Å². The molecular formula is C12H25ClN2S. The van der Waals surface area contributed by atoms with Crippen LogP contribution < -0.4 is 5.32 Å². The molecule has 2 atom stereocenters. The minimum atomic E-state index is 0. The fourth-order valence-corrected chi connectivity index (χ4v) is 4.14. The van der Waals surface area contributed by atoms with Crippen molar-refractivity contribution in [3.63, 3.8) is 0 Å². The van der Waals surface area contributed by atoms with Crippen LogP contribution in [0.5, 0.6) is 0 Å². The Morgan fingerprint density at radius 1 is 1.31 bits per heavy atom. The number of hydrogen-bond acceptors (Lipinski definition) is 3. The van der Waals surface area contributed by atoms with E-state index in [4.69, 9.17) is 0 Å². The van der Waals surface area contributed by atoms with Gasteiger partial charge in [-0.3, -0.25) is 0 Å². The first-order chi connectivity index (χ1) is 7.38. The zero-order valence-corrected chi connectivity index (χ0v) is 11.9. The molecule has 0 aromatic heterocycles. The Morgan fingerprint density at radius 3 is 2.88 bits per heavy atom. The van der Waals surface area contributed by atoms with Crippen LogP contribution in [-0.2, 0) is 0 Å². The van der Waals surface area contributed by atoms with Crippen LogP contribution in [0.2, 0.25) is 0 Å². The second-order valence-corrected chi connectivity index (χ2v) is 6.20. The molecule has 2 rings (SSSR count). The second-order valence-electron chi connectivity index (χ2n) is 5.06. The van der Waals surface area contributed by atoms with E-state index in [1.807, 2.05) is 0 Å². The molecule has 16 heavy (non-hydrogen) atoms. The van der Waals surface area contributed by atoms with Crippen molar-refractivity contribution in [2.75, 3.05) is 44.7 Å². The van der Waals surface area contributed by atoms with Gasteiger partial charge in [-0.1, -0.05) is 0 Å². The number of nitrogens with one attached hydrogen (secondary N) is 1. The summed E-state index contributed by atoms with van der Waals surface area (Å²) in [5, 5.41) is 3.32. The first-order valence-electron chi connectivity index (χ1n) is 6.33. The summed E-state index contributed by atoms with van der Waals surface area (Å²) in [6, 6.07) is 0. The third kappa shape index (κ3) is 4.44. The van der Waals surface area contributed by atoms with E-state index < -0.39 is 0 Å². The number of piperidine rings is 1. The molecule has 2 aliphatic heterocycles. The lowest BCUT2D eigenvalue weighted by Gasteiger charge is -2.34. The van der Waals surface area contributed by atoms with Crippen molar-refractivity contribution >= 4 is 24.2 Å². The van der Waals surface area contributed by atoms with Crippen molar-refractivity contribution < 1.29 is 0 Å². The fourth-order valence-electron chi connectivity index (χ4n) is 2.86. The molecule has 2 heterocycles. The highest BCUT2D eigenvalue weighted by molar-refractivity contribution is 7.99. The molecule has 0 saturated carbocycles. The van der Waals surface area contributed by atoms with Crippen LogP contribution in [0, 0.1) is 11.8 Å². The molecule has 2 unspecified atom stereocenters. The van der Waals surface area contributed by atoms with Crippen LogP contribution >= 0.6 is 24.2 Å². The zero-order chi connectivity index (χ0) is 10.5. The molecule has 0 aromatic carbocycles. The number of hydrogen-bond donors (Lipinski definition) is 1. The topological polar surface area (TPSA) is 15.3 Å². The lowest BCUT2D eigenvalue weighted by molar-refractivity contribution is 0.156. The van der Waals surface area contributed by atoms with Gasteiger partial charge in [-0.25, -0.2) is 0 Å². The third-order valence-electron chi connectivity index (χ3n) is 3.64. The van der Waals surface area contributed by atoms with E-state index in [1.165, 1.54) is 56.9 Å². The van der Waals surface area contributed by atoms with Gasteiger partial charge in [0, 0.05) is 13.1 Å². The van der Waals surface area contributed by atoms with Crippen molar-refractivity contribution in [1.29, 1.82) is 0 Å². The lowest BCUT2D eigenvalue weighted by Crippen LogP contribution is -2.41. The molecule has 1 N–H and O–H groups in total. The summed E-state index contributed by atoms with van der Waals surface area (Å²) in [5.41, 5.74) is 0. The molecule has 4 heteroatoms. The van der Waals surface area contributed by atoms with Gasteiger partial charge in [0.25, 0.3) is 0 Å². The van der Waals surface area contributed by atoms with E-state index >= 15 is 0 Å². The normalized spacial score (nSPS) is 31.3. The van der Waals surface area contributed by atoms with Crippen molar-refractivity contribution in [2.45, 2.75) is 19.3 Å². The molecule has 2 nitrogen and oxygen atoms in total. The molecule has 0 spiro atoms. The zero-order valence-electron chi connectivity index (χ0n) is 10.3. The van der Waals surface area contributed by atoms with Gasteiger partial charge >= 0.3 is 0 Å². The minimum absolute atomic E-state index is 0. The summed E-state index contributed by atoms with van der Waals surface area (Å²) in [7, 11) is 2.08. The maximum absolute atomic E-state index is 3.32. The minimum Gasteiger partial charge on any atom is -0.319 e. The predicted octanol–water partition coefficient (Wildman–Crippen LogP) is 2.09. The number of thioether (sulfide) groups is 1. The molecule has 0 aliphatic carbocycles. The van der Waals surface area contributed by atoms with E-state index in [0.29, 0.717) is 0 Å². The van der Waals surface area contributed by atoms with E-state index in [0.717, 1.165) is 11.8 Å². The lowest BCUT2D eigenvalue weighted by atomic mass is 9.96. The molecule has 2 fully saturated rings. The van der Waals surface area contributed by atoms with E-state index in [9.17, 15) is 0 Å². The summed E-state index contributed by atoms with van der Waals surface area (Å²) in [5.74, 6) is 4.70. The van der Waals surface area contributed by atoms with Gasteiger partial charge in [-0.05, 0) is 62.7 Å². The van der Waals surface area contributed by atoms with E-state index in [1.54, 1.807) is 0 Å². The van der Waals surface area contributed by atoms with Gasteiger partial charge in [0.2, 0.25) is 0 Å². The SMILES string of the molecule is CNCC1CCCN(CC2CCSC2)C1.Cl. The predicted molar refractivity (Wildman–Crippen MR) is 75.8 cm³/mol. The largest absolute Gasteiger partial charge is 0.319 e. The standard InChI is InChI=1S/C12H24N2S.ClH/c1-13-7-11-3-2-5-14(8-11)9-12-4-6-15-10-12;/h11-13H,2-10H2,1H3;1H. The van der Waals surface area contributed by atoms with E-state index in [2.05, 4.69) is 29.0 Å². The average Bonchev–Trinajstić information content (AvgIpc) is 2.71. The number of halogens is 1. The van der Waals surface area contributed by atoms with Gasteiger partial charge in [-0.2, -0.15) is 11.8 Å². The molecule has 0 radical (unpaired) electrons. The highest BCUT2D eigenvalue weighted by Crippen LogP contribution is 2.26. The van der Waals surface area contributed by atoms with Gasteiger partial charge in [0.1, 0.15) is 0 Å². The van der Waals surface area contributed by atoms with Crippen LogP contribution in [0.25, 0.3) is 0 Å². The summed E-state index contributed by atoms with van der Waals surface area (Å²) in [4.78, 5) is 2.71. The first kappa shape index (κ1) is 14.6. The molecule has 0 aromatic rings. The molecule has 2 aliphatic rings. The van der Waals surface area contributed by atoms with Crippen LogP contribution in [0.15, 0.2) is 0 Å². The first-order valence-corrected chi connectivity index (χ1v) is 7.48. The van der Waals surface area contributed by atoms with Crippen LogP contribution in [0.3, 0.4) is 0 Å².